The summed E-state index contributed by atoms with van der Waals surface area (Å²) in [5.41, 5.74) is 2.12. The summed E-state index contributed by atoms with van der Waals surface area (Å²) >= 11 is 0. The molecule has 146 valence electrons. The van der Waals surface area contributed by atoms with Crippen molar-refractivity contribution in [3.63, 3.8) is 0 Å². The predicted octanol–water partition coefficient (Wildman–Crippen LogP) is 3.00. The number of methoxy groups -OCH3 is 1. The molecule has 0 bridgehead atoms. The van der Waals surface area contributed by atoms with Gasteiger partial charge in [-0.3, -0.25) is 9.89 Å². The summed E-state index contributed by atoms with van der Waals surface area (Å²) in [6.07, 6.45) is 3.02. The Morgan fingerprint density at radius 1 is 1.21 bits per heavy atom. The van der Waals surface area contributed by atoms with Crippen LogP contribution >= 0.6 is 0 Å². The van der Waals surface area contributed by atoms with E-state index in [2.05, 4.69) is 25.7 Å². The van der Waals surface area contributed by atoms with Crippen LogP contribution < -0.4 is 5.32 Å². The predicted molar refractivity (Wildman–Crippen MR) is 93.6 cm³/mol. The highest BCUT2D eigenvalue weighted by molar-refractivity contribution is 5.91. The second kappa shape index (κ2) is 8.61. The normalized spacial score (nSPS) is 10.9. The van der Waals surface area contributed by atoms with E-state index in [1.54, 1.807) is 6.07 Å². The number of rotatable bonds is 7. The van der Waals surface area contributed by atoms with Crippen LogP contribution in [-0.4, -0.2) is 33.4 Å². The average Bonchev–Trinajstić information content (AvgIpc) is 3.07. The number of H-pyrrole nitrogens is 1. The molecule has 0 fully saturated rings. The minimum Gasteiger partial charge on any atom is -0.380 e. The van der Waals surface area contributed by atoms with Crippen LogP contribution in [0.3, 0.4) is 0 Å². The van der Waals surface area contributed by atoms with Crippen LogP contribution in [0.1, 0.15) is 17.5 Å². The SMILES string of the molecule is COCc1c(NC(=O)CCc2cc(F)c(F)c(F)c2)n[nH]c1-c1ccnnc1. The highest BCUT2D eigenvalue weighted by atomic mass is 19.2. The third-order valence-electron chi connectivity index (χ3n) is 3.97. The number of hydrogen-bond acceptors (Lipinski definition) is 5. The van der Waals surface area contributed by atoms with Crippen LogP contribution in [-0.2, 0) is 22.6 Å². The van der Waals surface area contributed by atoms with Crippen molar-refractivity contribution in [3.8, 4) is 11.3 Å². The van der Waals surface area contributed by atoms with Gasteiger partial charge in [0.15, 0.2) is 23.3 Å². The average molecular weight is 391 g/mol. The zero-order chi connectivity index (χ0) is 20.1. The largest absolute Gasteiger partial charge is 0.380 e. The lowest BCUT2D eigenvalue weighted by Crippen LogP contribution is -2.14. The van der Waals surface area contributed by atoms with E-state index in [9.17, 15) is 18.0 Å². The second-order valence-corrected chi connectivity index (χ2v) is 5.91. The van der Waals surface area contributed by atoms with Crippen LogP contribution in [0, 0.1) is 17.5 Å². The number of halogens is 3. The summed E-state index contributed by atoms with van der Waals surface area (Å²) < 4.78 is 44.7. The molecule has 0 unspecified atom stereocenters. The molecule has 0 saturated carbocycles. The summed E-state index contributed by atoms with van der Waals surface area (Å²) in [6, 6.07) is 3.46. The maximum atomic E-state index is 13.3. The van der Waals surface area contributed by atoms with Crippen LogP contribution in [0.5, 0.6) is 0 Å². The number of benzene rings is 1. The first-order chi connectivity index (χ1) is 13.5. The molecule has 10 heteroatoms. The van der Waals surface area contributed by atoms with Crippen molar-refractivity contribution in [1.29, 1.82) is 0 Å². The summed E-state index contributed by atoms with van der Waals surface area (Å²) in [6.45, 7) is 0.179. The molecule has 7 nitrogen and oxygen atoms in total. The molecule has 2 heterocycles. The number of nitrogens with one attached hydrogen (secondary N) is 2. The Hall–Kier alpha value is -3.27. The number of amides is 1. The highest BCUT2D eigenvalue weighted by Crippen LogP contribution is 2.27. The third kappa shape index (κ3) is 4.34. The molecule has 0 aliphatic rings. The van der Waals surface area contributed by atoms with Crippen molar-refractivity contribution in [2.45, 2.75) is 19.4 Å². The molecule has 0 radical (unpaired) electrons. The van der Waals surface area contributed by atoms with Gasteiger partial charge in [-0.1, -0.05) is 0 Å². The van der Waals surface area contributed by atoms with E-state index >= 15 is 0 Å². The van der Waals surface area contributed by atoms with Crippen molar-refractivity contribution >= 4 is 11.7 Å². The van der Waals surface area contributed by atoms with Gasteiger partial charge in [0.1, 0.15) is 0 Å². The number of aryl methyl sites for hydroxylation is 1. The molecule has 3 aromatic rings. The van der Waals surface area contributed by atoms with E-state index in [4.69, 9.17) is 4.74 Å². The topological polar surface area (TPSA) is 92.8 Å². The maximum Gasteiger partial charge on any atom is 0.225 e. The van der Waals surface area contributed by atoms with Gasteiger partial charge in [-0.15, -0.1) is 0 Å². The van der Waals surface area contributed by atoms with Gasteiger partial charge in [0.2, 0.25) is 5.91 Å². The number of carbonyl (C=O) groups excluding carboxylic acids is 1. The maximum absolute atomic E-state index is 13.3. The molecule has 0 atom stereocenters. The first-order valence-corrected chi connectivity index (χ1v) is 8.26. The lowest BCUT2D eigenvalue weighted by Gasteiger charge is -2.07. The Morgan fingerprint density at radius 3 is 2.61 bits per heavy atom. The van der Waals surface area contributed by atoms with E-state index in [1.807, 2.05) is 0 Å². The monoisotopic (exact) mass is 391 g/mol. The van der Waals surface area contributed by atoms with Gasteiger partial charge in [-0.2, -0.15) is 15.3 Å². The minimum absolute atomic E-state index is 0.0329. The van der Waals surface area contributed by atoms with Crippen molar-refractivity contribution in [3.05, 3.63) is 59.2 Å². The second-order valence-electron chi connectivity index (χ2n) is 5.91. The molecule has 1 amide bonds. The third-order valence-corrected chi connectivity index (χ3v) is 3.97. The quantitative estimate of drug-likeness (QED) is 0.604. The molecule has 3 rings (SSSR count). The fourth-order valence-electron chi connectivity index (χ4n) is 2.64. The summed E-state index contributed by atoms with van der Waals surface area (Å²) in [5.74, 6) is -4.27. The van der Waals surface area contributed by atoms with Gasteiger partial charge in [0.05, 0.1) is 24.7 Å². The molecule has 2 aromatic heterocycles. The Kier molecular flexibility index (Phi) is 5.99. The highest BCUT2D eigenvalue weighted by Gasteiger charge is 2.17. The van der Waals surface area contributed by atoms with E-state index in [1.165, 1.54) is 19.5 Å². The molecule has 2 N–H and O–H groups in total. The van der Waals surface area contributed by atoms with Crippen LogP contribution in [0.4, 0.5) is 19.0 Å². The first-order valence-electron chi connectivity index (χ1n) is 8.26. The summed E-state index contributed by atoms with van der Waals surface area (Å²) in [7, 11) is 1.50. The van der Waals surface area contributed by atoms with Gasteiger partial charge in [-0.25, -0.2) is 13.2 Å². The zero-order valence-electron chi connectivity index (χ0n) is 14.8. The number of aromatic amines is 1. The molecule has 0 aliphatic carbocycles. The van der Waals surface area contributed by atoms with Crippen LogP contribution in [0.2, 0.25) is 0 Å². The Balaban J connectivity index is 1.71. The van der Waals surface area contributed by atoms with E-state index < -0.39 is 23.4 Å². The van der Waals surface area contributed by atoms with Gasteiger partial charge in [0, 0.05) is 24.7 Å². The van der Waals surface area contributed by atoms with E-state index in [-0.39, 0.29) is 30.8 Å². The van der Waals surface area contributed by atoms with Crippen molar-refractivity contribution in [1.82, 2.24) is 20.4 Å². The van der Waals surface area contributed by atoms with Gasteiger partial charge >= 0.3 is 0 Å². The molecule has 0 aliphatic heterocycles. The molecular weight excluding hydrogens is 375 g/mol. The molecule has 0 saturated heterocycles. The summed E-state index contributed by atoms with van der Waals surface area (Å²) in [5, 5.41) is 17.1. The molecule has 1 aromatic carbocycles. The van der Waals surface area contributed by atoms with Gasteiger partial charge < -0.3 is 10.1 Å². The van der Waals surface area contributed by atoms with Crippen LogP contribution in [0.15, 0.2) is 30.6 Å². The minimum atomic E-state index is -1.54. The van der Waals surface area contributed by atoms with Gasteiger partial charge in [0.25, 0.3) is 0 Å². The zero-order valence-corrected chi connectivity index (χ0v) is 14.8. The van der Waals surface area contributed by atoms with Crippen molar-refractivity contribution < 1.29 is 22.7 Å². The van der Waals surface area contributed by atoms with Crippen LogP contribution in [0.25, 0.3) is 11.3 Å². The standard InChI is InChI=1S/C18H16F3N5O2/c1-28-9-12-17(11-4-5-22-23-8-11)25-26-18(12)24-15(27)3-2-10-6-13(19)16(21)14(20)7-10/h4-8H,2-3,9H2,1H3,(H2,24,25,26,27). The molecular formula is C18H16F3N5O2. The number of carbonyl (C=O) groups is 1. The fraction of sp³-hybridized carbons (Fsp3) is 0.222. The number of hydrogen-bond donors (Lipinski definition) is 2. The lowest BCUT2D eigenvalue weighted by atomic mass is 10.1. The molecule has 28 heavy (non-hydrogen) atoms. The van der Waals surface area contributed by atoms with E-state index in [0.29, 0.717) is 16.8 Å². The number of ether oxygens (including phenoxy) is 1. The Morgan fingerprint density at radius 2 is 1.96 bits per heavy atom. The fourth-order valence-corrected chi connectivity index (χ4v) is 2.64. The number of anilines is 1. The Labute approximate surface area is 157 Å². The number of nitrogens with zero attached hydrogens (tertiary/aromatic N) is 3. The summed E-state index contributed by atoms with van der Waals surface area (Å²) in [4.78, 5) is 12.2. The smallest absolute Gasteiger partial charge is 0.225 e. The van der Waals surface area contributed by atoms with Crippen molar-refractivity contribution in [2.24, 2.45) is 0 Å². The molecule has 0 spiro atoms. The van der Waals surface area contributed by atoms with Crippen molar-refractivity contribution in [2.75, 3.05) is 12.4 Å². The Bertz CT molecular complexity index is 956. The van der Waals surface area contributed by atoms with E-state index in [0.717, 1.165) is 12.1 Å². The lowest BCUT2D eigenvalue weighted by molar-refractivity contribution is -0.116. The number of aromatic nitrogens is 4. The first kappa shape index (κ1) is 19.5. The van der Waals surface area contributed by atoms with Gasteiger partial charge in [-0.05, 0) is 30.2 Å².